The van der Waals surface area contributed by atoms with Gasteiger partial charge in [-0.3, -0.25) is 10.0 Å². The first-order valence-corrected chi connectivity index (χ1v) is 13.0. The van der Waals surface area contributed by atoms with Crippen LogP contribution < -0.4 is 15.2 Å². The van der Waals surface area contributed by atoms with E-state index in [9.17, 15) is 5.26 Å². The highest BCUT2D eigenvalue weighted by Crippen LogP contribution is 2.35. The molecule has 36 heavy (non-hydrogen) atoms. The summed E-state index contributed by atoms with van der Waals surface area (Å²) in [5.41, 5.74) is 5.47. The van der Waals surface area contributed by atoms with Crippen LogP contribution in [0.25, 0.3) is 0 Å². The first kappa shape index (κ1) is 24.5. The Balaban J connectivity index is 1.26. The van der Waals surface area contributed by atoms with Crippen molar-refractivity contribution in [1.29, 1.82) is 5.26 Å². The highest BCUT2D eigenvalue weighted by Gasteiger charge is 2.25. The molecule has 0 bridgehead atoms. The molecular weight excluding hydrogens is 472 g/mol. The number of rotatable bonds is 7. The number of aryl methyl sites for hydroxylation is 2. The Labute approximate surface area is 216 Å². The largest absolute Gasteiger partial charge is 0.438 e. The quantitative estimate of drug-likeness (QED) is 0.439. The fraction of sp³-hybridized carbons (Fsp3) is 0.370. The van der Waals surface area contributed by atoms with E-state index < -0.39 is 0 Å². The second-order valence-corrected chi connectivity index (χ2v) is 10.1. The van der Waals surface area contributed by atoms with Gasteiger partial charge >= 0.3 is 0 Å². The summed E-state index contributed by atoms with van der Waals surface area (Å²) in [6.07, 6.45) is 2.02. The average molecular weight is 503 g/mol. The number of benzene rings is 2. The summed E-state index contributed by atoms with van der Waals surface area (Å²) < 4.78 is 12.0. The van der Waals surface area contributed by atoms with Crippen LogP contribution in [0.4, 0.5) is 5.95 Å². The zero-order valence-corrected chi connectivity index (χ0v) is 21.4. The van der Waals surface area contributed by atoms with E-state index in [0.717, 1.165) is 65.5 Å². The molecule has 5 rings (SSSR count). The zero-order valence-electron chi connectivity index (χ0n) is 20.6. The fourth-order valence-corrected chi connectivity index (χ4v) is 5.09. The van der Waals surface area contributed by atoms with E-state index in [1.54, 1.807) is 0 Å². The molecule has 2 aromatic carbocycles. The minimum Gasteiger partial charge on any atom is -0.438 e. The number of nitriles is 1. The molecule has 3 aromatic rings. The van der Waals surface area contributed by atoms with Crippen LogP contribution in [0.1, 0.15) is 46.4 Å². The molecule has 3 N–H and O–H groups in total. The second-order valence-electron chi connectivity index (χ2n) is 9.38. The average Bonchev–Trinajstić information content (AvgIpc) is 3.36. The summed E-state index contributed by atoms with van der Waals surface area (Å²) in [4.78, 5) is 13.0. The van der Waals surface area contributed by atoms with Gasteiger partial charge in [0.15, 0.2) is 0 Å². The monoisotopic (exact) mass is 502 g/mol. The van der Waals surface area contributed by atoms with Gasteiger partial charge in [0.05, 0.1) is 36.1 Å². The van der Waals surface area contributed by atoms with E-state index in [4.69, 9.17) is 24.6 Å². The minimum absolute atomic E-state index is 0.295. The SMILES string of the molecule is Cc1cc(C#N)cc(C)c1Oc1nc(NC2CCN(Cc3ccc(SN)cc3)CC2)nc2c1COC2. The Morgan fingerprint density at radius 1 is 1.14 bits per heavy atom. The number of hydrogen-bond donors (Lipinski definition) is 2. The maximum atomic E-state index is 9.25. The van der Waals surface area contributed by atoms with Crippen LogP contribution >= 0.6 is 11.9 Å². The first-order chi connectivity index (χ1) is 17.5. The Kier molecular flexibility index (Phi) is 7.39. The minimum atomic E-state index is 0.295. The summed E-state index contributed by atoms with van der Waals surface area (Å²) in [6.45, 7) is 7.73. The summed E-state index contributed by atoms with van der Waals surface area (Å²) in [5, 5.41) is 18.4. The number of fused-ring (bicyclic) bond motifs is 1. The molecule has 186 valence electrons. The van der Waals surface area contributed by atoms with E-state index >= 15 is 0 Å². The van der Waals surface area contributed by atoms with Gasteiger partial charge in [0.25, 0.3) is 0 Å². The van der Waals surface area contributed by atoms with Crippen LogP contribution in [0.5, 0.6) is 11.6 Å². The van der Waals surface area contributed by atoms with Gasteiger partial charge in [0.2, 0.25) is 11.8 Å². The van der Waals surface area contributed by atoms with Crippen molar-refractivity contribution in [3.8, 4) is 17.7 Å². The number of nitrogens with two attached hydrogens (primary N) is 1. The Morgan fingerprint density at radius 3 is 2.53 bits per heavy atom. The maximum absolute atomic E-state index is 9.25. The zero-order chi connectivity index (χ0) is 25.1. The lowest BCUT2D eigenvalue weighted by Gasteiger charge is -2.32. The third kappa shape index (κ3) is 5.47. The van der Waals surface area contributed by atoms with E-state index in [2.05, 4.69) is 40.6 Å². The maximum Gasteiger partial charge on any atom is 0.230 e. The smallest absolute Gasteiger partial charge is 0.230 e. The van der Waals surface area contributed by atoms with Gasteiger partial charge in [-0.2, -0.15) is 10.2 Å². The molecule has 2 aliphatic heterocycles. The van der Waals surface area contributed by atoms with Crippen LogP contribution in [0.3, 0.4) is 0 Å². The summed E-state index contributed by atoms with van der Waals surface area (Å²) in [7, 11) is 0. The van der Waals surface area contributed by atoms with Crippen LogP contribution in [0.15, 0.2) is 41.3 Å². The Bertz CT molecular complexity index is 1260. The molecule has 3 heterocycles. The van der Waals surface area contributed by atoms with Crippen LogP contribution in [-0.2, 0) is 24.5 Å². The van der Waals surface area contributed by atoms with Crippen molar-refractivity contribution in [1.82, 2.24) is 14.9 Å². The molecule has 9 heteroatoms. The van der Waals surface area contributed by atoms with Crippen molar-refractivity contribution in [2.75, 3.05) is 18.4 Å². The number of anilines is 1. The summed E-state index contributed by atoms with van der Waals surface area (Å²) >= 11 is 1.27. The Morgan fingerprint density at radius 2 is 1.86 bits per heavy atom. The van der Waals surface area contributed by atoms with Crippen molar-refractivity contribution in [2.45, 2.75) is 57.4 Å². The molecule has 0 saturated carbocycles. The lowest BCUT2D eigenvalue weighted by Crippen LogP contribution is -2.39. The highest BCUT2D eigenvalue weighted by atomic mass is 32.2. The summed E-state index contributed by atoms with van der Waals surface area (Å²) in [5.74, 6) is 1.82. The molecule has 0 radical (unpaired) electrons. The topological polar surface area (TPSA) is 109 Å². The van der Waals surface area contributed by atoms with Gasteiger partial charge < -0.3 is 14.8 Å². The van der Waals surface area contributed by atoms with E-state index in [1.807, 2.05) is 26.0 Å². The van der Waals surface area contributed by atoms with Crippen molar-refractivity contribution < 1.29 is 9.47 Å². The molecule has 0 amide bonds. The van der Waals surface area contributed by atoms with Crippen molar-refractivity contribution in [3.63, 3.8) is 0 Å². The third-order valence-electron chi connectivity index (χ3n) is 6.71. The molecule has 2 aliphatic rings. The van der Waals surface area contributed by atoms with Crippen LogP contribution in [0.2, 0.25) is 0 Å². The molecule has 1 fully saturated rings. The van der Waals surface area contributed by atoms with Gasteiger partial charge in [-0.05, 0) is 79.6 Å². The van der Waals surface area contributed by atoms with Crippen LogP contribution in [0, 0.1) is 25.2 Å². The van der Waals surface area contributed by atoms with Crippen molar-refractivity contribution in [2.24, 2.45) is 5.14 Å². The highest BCUT2D eigenvalue weighted by molar-refractivity contribution is 7.97. The fourth-order valence-electron chi connectivity index (χ4n) is 4.79. The molecule has 0 atom stereocenters. The normalized spacial score (nSPS) is 15.9. The number of hydrogen-bond acceptors (Lipinski definition) is 9. The van der Waals surface area contributed by atoms with E-state index in [-0.39, 0.29) is 0 Å². The van der Waals surface area contributed by atoms with Gasteiger partial charge in [-0.25, -0.2) is 4.98 Å². The van der Waals surface area contributed by atoms with Gasteiger partial charge in [0, 0.05) is 30.6 Å². The molecule has 1 saturated heterocycles. The number of aromatic nitrogens is 2. The molecule has 0 unspecified atom stereocenters. The summed E-state index contributed by atoms with van der Waals surface area (Å²) in [6, 6.07) is 14.6. The predicted molar refractivity (Wildman–Crippen MR) is 140 cm³/mol. The first-order valence-electron chi connectivity index (χ1n) is 12.1. The van der Waals surface area contributed by atoms with Gasteiger partial charge in [0.1, 0.15) is 5.75 Å². The third-order valence-corrected chi connectivity index (χ3v) is 7.26. The molecular formula is C27H30N6O2S. The standard InChI is InChI=1S/C27H30N6O2S/c1-17-11-20(13-28)12-18(2)25(17)35-26-23-15-34-16-24(23)31-27(32-26)30-21-7-9-33(10-8-21)14-19-3-5-22(36-29)6-4-19/h3-6,11-12,21H,7-10,14-16,29H2,1-2H3,(H,30,31,32). The number of nitrogens with zero attached hydrogens (tertiary/aromatic N) is 4. The predicted octanol–water partition coefficient (Wildman–Crippen LogP) is 4.83. The van der Waals surface area contributed by atoms with Gasteiger partial charge in [-0.1, -0.05) is 12.1 Å². The molecule has 0 spiro atoms. The lowest BCUT2D eigenvalue weighted by molar-refractivity contribution is 0.132. The second kappa shape index (κ2) is 10.8. The Hall–Kier alpha value is -3.16. The van der Waals surface area contributed by atoms with Gasteiger partial charge in [-0.15, -0.1) is 0 Å². The lowest BCUT2D eigenvalue weighted by atomic mass is 10.0. The van der Waals surface area contributed by atoms with Crippen LogP contribution in [-0.4, -0.2) is 34.0 Å². The number of ether oxygens (including phenoxy) is 2. The van der Waals surface area contributed by atoms with Crippen molar-refractivity contribution >= 4 is 17.9 Å². The number of piperidine rings is 1. The molecule has 0 aliphatic carbocycles. The van der Waals surface area contributed by atoms with Crippen molar-refractivity contribution in [3.05, 3.63) is 69.9 Å². The molecule has 8 nitrogen and oxygen atoms in total. The van der Waals surface area contributed by atoms with E-state index in [0.29, 0.717) is 36.6 Å². The molecule has 1 aromatic heterocycles. The van der Waals surface area contributed by atoms with E-state index in [1.165, 1.54) is 17.5 Å². The number of likely N-dealkylation sites (tertiary alicyclic amines) is 1. The number of nitrogens with one attached hydrogen (secondary N) is 1.